The van der Waals surface area contributed by atoms with E-state index in [0.717, 1.165) is 17.2 Å². The molecule has 2 rings (SSSR count). The van der Waals surface area contributed by atoms with Crippen LogP contribution in [0.4, 0.5) is 0 Å². The zero-order valence-electron chi connectivity index (χ0n) is 31.1. The molecule has 0 spiro atoms. The molecule has 292 valence electrons. The van der Waals surface area contributed by atoms with Gasteiger partial charge >= 0.3 is 23.9 Å². The Morgan fingerprint density at radius 1 is 0.556 bits per heavy atom. The summed E-state index contributed by atoms with van der Waals surface area (Å²) in [6, 6.07) is 18.9. The molecule has 0 radical (unpaired) electrons. The van der Waals surface area contributed by atoms with Crippen LogP contribution in [-0.4, -0.2) is 70.4 Å². The van der Waals surface area contributed by atoms with Crippen LogP contribution in [0.5, 0.6) is 0 Å². The summed E-state index contributed by atoms with van der Waals surface area (Å²) < 4.78 is 9.61. The third-order valence-corrected chi connectivity index (χ3v) is 6.89. The first-order valence-electron chi connectivity index (χ1n) is 17.1. The van der Waals surface area contributed by atoms with Gasteiger partial charge in [0, 0.05) is 25.7 Å². The molecule has 2 atom stereocenters. The molecule has 0 fully saturated rings. The minimum Gasteiger partial charge on any atom is -0.481 e. The number of ether oxygens (including phenoxy) is 2. The van der Waals surface area contributed by atoms with E-state index < -0.39 is 23.8 Å². The van der Waals surface area contributed by atoms with E-state index in [1.54, 1.807) is 13.8 Å². The molecule has 0 aromatic heterocycles. The Bertz CT molecular complexity index is 1530. The Labute approximate surface area is 317 Å². The average molecular weight is 749 g/mol. The van der Waals surface area contributed by atoms with E-state index in [1.807, 2.05) is 60.7 Å². The lowest BCUT2D eigenvalue weighted by molar-refractivity contribution is -0.149. The highest BCUT2D eigenvalue weighted by Crippen LogP contribution is 2.16. The first kappa shape index (κ1) is 50.1. The molecule has 0 amide bonds. The molecule has 2 N–H and O–H groups in total. The number of hydrogen-bond donors (Lipinski definition) is 2. The van der Waals surface area contributed by atoms with Crippen molar-refractivity contribution in [1.29, 1.82) is 0 Å². The summed E-state index contributed by atoms with van der Waals surface area (Å²) in [4.78, 5) is 86.7. The van der Waals surface area contributed by atoms with Crippen molar-refractivity contribution < 1.29 is 58.0 Å². The largest absolute Gasteiger partial charge is 0.481 e. The first-order valence-corrected chi connectivity index (χ1v) is 17.1. The molecular weight excluding hydrogens is 696 g/mol. The Balaban J connectivity index is 0. The van der Waals surface area contributed by atoms with Gasteiger partial charge in [0.15, 0.2) is 23.1 Å². The van der Waals surface area contributed by atoms with E-state index in [9.17, 15) is 38.4 Å². The van der Waals surface area contributed by atoms with Crippen LogP contribution in [0.3, 0.4) is 0 Å². The lowest BCUT2D eigenvalue weighted by Crippen LogP contribution is -2.22. The third-order valence-electron chi connectivity index (χ3n) is 6.89. The Morgan fingerprint density at radius 3 is 1.31 bits per heavy atom. The number of allylic oxidation sites excluding steroid dienone is 4. The smallest absolute Gasteiger partial charge is 0.309 e. The second-order valence-electron chi connectivity index (χ2n) is 11.2. The fourth-order valence-electron chi connectivity index (χ4n) is 4.09. The van der Waals surface area contributed by atoms with Gasteiger partial charge in [-0.2, -0.15) is 0 Å². The van der Waals surface area contributed by atoms with Crippen molar-refractivity contribution in [2.24, 2.45) is 11.8 Å². The highest BCUT2D eigenvalue weighted by molar-refractivity contribution is 5.93. The van der Waals surface area contributed by atoms with Crippen LogP contribution in [0, 0.1) is 11.8 Å². The van der Waals surface area contributed by atoms with Gasteiger partial charge in [0.1, 0.15) is 0 Å². The molecular formula is C42H52O12. The lowest BCUT2D eigenvalue weighted by atomic mass is 9.94. The maximum atomic E-state index is 11.8. The number of esters is 2. The molecule has 0 bridgehead atoms. The van der Waals surface area contributed by atoms with Crippen LogP contribution in [-0.2, 0) is 60.7 Å². The van der Waals surface area contributed by atoms with Gasteiger partial charge < -0.3 is 19.7 Å². The van der Waals surface area contributed by atoms with Crippen molar-refractivity contribution in [2.45, 2.75) is 65.2 Å². The van der Waals surface area contributed by atoms with Crippen LogP contribution >= 0.6 is 0 Å². The SMILES string of the molecule is C=CC(=O)CC(Cc1ccccc1)C(=O)O.C=CC(=O)CC(Cc1ccccc1)C(=O)OCC.C=CC(=O)CCC(=O)O.C=CC(=O)CCC(=O)OCC. The standard InChI is InChI=1S/C15H18O3.C13H14O3.C8H12O3.C6H8O3/c1-3-14(16)11-13(15(17)18-4-2)10-12-8-6-5-7-9-12;1-2-12(14)9-11(13(15)16)8-10-6-4-3-5-7-10;1-3-7(9)5-6-8(10)11-4-2;1-2-5(7)3-4-6(8)9/h3,5-9,13H,1,4,10-11H2,2H3;2-7,11H,1,8-9H2,(H,15,16);3H,1,4-6H2,2H3;2H,1,3-4H2,(H,8,9). The van der Waals surface area contributed by atoms with Crippen molar-refractivity contribution >= 4 is 47.0 Å². The number of benzene rings is 2. The number of ketones is 4. The topological polar surface area (TPSA) is 195 Å². The summed E-state index contributed by atoms with van der Waals surface area (Å²) in [7, 11) is 0. The van der Waals surface area contributed by atoms with Gasteiger partial charge in [0.25, 0.3) is 0 Å². The fraction of sp³-hybridized carbons (Fsp3) is 0.333. The highest BCUT2D eigenvalue weighted by Gasteiger charge is 2.22. The summed E-state index contributed by atoms with van der Waals surface area (Å²) in [5.74, 6) is -4.38. The average Bonchev–Trinajstić information content (AvgIpc) is 3.17. The maximum Gasteiger partial charge on any atom is 0.309 e. The summed E-state index contributed by atoms with van der Waals surface area (Å²) in [5, 5.41) is 17.1. The van der Waals surface area contributed by atoms with Gasteiger partial charge in [-0.3, -0.25) is 38.4 Å². The molecule has 2 unspecified atom stereocenters. The maximum absolute atomic E-state index is 11.8. The molecule has 0 saturated carbocycles. The van der Waals surface area contributed by atoms with Crippen LogP contribution in [0.1, 0.15) is 63.5 Å². The number of rotatable bonds is 22. The Kier molecular flexibility index (Phi) is 29.4. The molecule has 0 aliphatic heterocycles. The van der Waals surface area contributed by atoms with Gasteiger partial charge in [0.05, 0.1) is 37.9 Å². The van der Waals surface area contributed by atoms with Crippen LogP contribution < -0.4 is 0 Å². The normalized spacial score (nSPS) is 10.6. The molecule has 12 heteroatoms. The van der Waals surface area contributed by atoms with Crippen molar-refractivity contribution in [2.75, 3.05) is 13.2 Å². The molecule has 12 nitrogen and oxygen atoms in total. The van der Waals surface area contributed by atoms with E-state index in [1.165, 1.54) is 18.2 Å². The quantitative estimate of drug-likeness (QED) is 0.101. The summed E-state index contributed by atoms with van der Waals surface area (Å²) in [6.45, 7) is 17.4. The predicted molar refractivity (Wildman–Crippen MR) is 204 cm³/mol. The van der Waals surface area contributed by atoms with E-state index in [-0.39, 0.29) is 73.6 Å². The number of carbonyl (C=O) groups is 8. The Morgan fingerprint density at radius 2 is 0.944 bits per heavy atom. The van der Waals surface area contributed by atoms with Crippen molar-refractivity contribution in [1.82, 2.24) is 0 Å². The molecule has 0 heterocycles. The molecule has 0 aliphatic rings. The molecule has 2 aromatic carbocycles. The van der Waals surface area contributed by atoms with Crippen LogP contribution in [0.25, 0.3) is 0 Å². The zero-order valence-corrected chi connectivity index (χ0v) is 31.1. The van der Waals surface area contributed by atoms with E-state index in [2.05, 4.69) is 31.1 Å². The van der Waals surface area contributed by atoms with Crippen molar-refractivity contribution in [3.8, 4) is 0 Å². The molecule has 0 aliphatic carbocycles. The minimum atomic E-state index is -0.954. The predicted octanol–water partition coefficient (Wildman–Crippen LogP) is 6.32. The van der Waals surface area contributed by atoms with Gasteiger partial charge in [-0.15, -0.1) is 0 Å². The Hall–Kier alpha value is -6.04. The number of carboxylic acid groups (broad SMARTS) is 2. The second-order valence-corrected chi connectivity index (χ2v) is 11.2. The molecule has 2 aromatic rings. The number of aliphatic carboxylic acids is 2. The molecule has 0 saturated heterocycles. The van der Waals surface area contributed by atoms with E-state index in [4.69, 9.17) is 14.9 Å². The number of carboxylic acids is 2. The summed E-state index contributed by atoms with van der Waals surface area (Å²) in [5.41, 5.74) is 1.94. The van der Waals surface area contributed by atoms with Crippen molar-refractivity contribution in [3.63, 3.8) is 0 Å². The number of hydrogen-bond acceptors (Lipinski definition) is 10. The van der Waals surface area contributed by atoms with Crippen LogP contribution in [0.15, 0.2) is 111 Å². The van der Waals surface area contributed by atoms with E-state index in [0.29, 0.717) is 26.1 Å². The summed E-state index contributed by atoms with van der Waals surface area (Å²) in [6.07, 6.45) is 6.09. The lowest BCUT2D eigenvalue weighted by Gasteiger charge is -2.14. The highest BCUT2D eigenvalue weighted by atomic mass is 16.5. The van der Waals surface area contributed by atoms with Gasteiger partial charge in [-0.25, -0.2) is 0 Å². The number of carbonyl (C=O) groups excluding carboxylic acids is 6. The zero-order chi connectivity index (χ0) is 41.3. The second kappa shape index (κ2) is 31.7. The summed E-state index contributed by atoms with van der Waals surface area (Å²) >= 11 is 0. The first-order chi connectivity index (χ1) is 25.7. The van der Waals surface area contributed by atoms with Crippen LogP contribution in [0.2, 0.25) is 0 Å². The monoisotopic (exact) mass is 748 g/mol. The van der Waals surface area contributed by atoms with Gasteiger partial charge in [0.2, 0.25) is 0 Å². The third kappa shape index (κ3) is 27.7. The van der Waals surface area contributed by atoms with Gasteiger partial charge in [-0.05, 0) is 62.1 Å². The van der Waals surface area contributed by atoms with Crippen molar-refractivity contribution in [3.05, 3.63) is 122 Å². The fourth-order valence-corrected chi connectivity index (χ4v) is 4.09. The van der Waals surface area contributed by atoms with Gasteiger partial charge in [-0.1, -0.05) is 87.0 Å². The van der Waals surface area contributed by atoms with E-state index >= 15 is 0 Å². The molecule has 54 heavy (non-hydrogen) atoms. The minimum absolute atomic E-state index is 0.00767.